The SMILES string of the molecule is Cn1cc[n+](C)c1-c1cccc2c1oc1ccc3ccccc3c12. The molecule has 0 spiro atoms. The van der Waals surface area contributed by atoms with Crippen LogP contribution in [0.1, 0.15) is 0 Å². The van der Waals surface area contributed by atoms with Gasteiger partial charge in [-0.1, -0.05) is 42.5 Å². The number of hydrogen-bond acceptors (Lipinski definition) is 1. The molecule has 116 valence electrons. The summed E-state index contributed by atoms with van der Waals surface area (Å²) in [5.74, 6) is 1.13. The van der Waals surface area contributed by atoms with Crippen molar-refractivity contribution in [3.05, 3.63) is 67.0 Å². The fraction of sp³-hybridized carbons (Fsp3) is 0.0952. The lowest BCUT2D eigenvalue weighted by Crippen LogP contribution is -2.28. The van der Waals surface area contributed by atoms with Gasteiger partial charge in [-0.05, 0) is 22.9 Å². The van der Waals surface area contributed by atoms with Gasteiger partial charge in [-0.15, -0.1) is 0 Å². The van der Waals surface area contributed by atoms with Crippen LogP contribution in [0.5, 0.6) is 0 Å². The van der Waals surface area contributed by atoms with Gasteiger partial charge in [0.25, 0.3) is 5.82 Å². The number of nitrogens with zero attached hydrogens (tertiary/aromatic N) is 2. The Morgan fingerprint density at radius 3 is 2.58 bits per heavy atom. The first-order valence-electron chi connectivity index (χ1n) is 8.08. The van der Waals surface area contributed by atoms with E-state index in [-0.39, 0.29) is 0 Å². The Balaban J connectivity index is 1.98. The Kier molecular flexibility index (Phi) is 2.63. The van der Waals surface area contributed by atoms with Crippen molar-refractivity contribution in [1.82, 2.24) is 4.57 Å². The zero-order chi connectivity index (χ0) is 16.3. The molecule has 5 aromatic rings. The molecule has 0 fully saturated rings. The first-order chi connectivity index (χ1) is 11.7. The van der Waals surface area contributed by atoms with E-state index in [1.807, 2.05) is 0 Å². The van der Waals surface area contributed by atoms with Gasteiger partial charge in [-0.3, -0.25) is 0 Å². The highest BCUT2D eigenvalue weighted by Crippen LogP contribution is 2.38. The third-order valence-corrected chi connectivity index (χ3v) is 4.81. The fourth-order valence-corrected chi connectivity index (χ4v) is 3.71. The normalized spacial score (nSPS) is 11.8. The van der Waals surface area contributed by atoms with Crippen LogP contribution < -0.4 is 4.57 Å². The summed E-state index contributed by atoms with van der Waals surface area (Å²) >= 11 is 0. The van der Waals surface area contributed by atoms with E-state index in [1.54, 1.807) is 0 Å². The Morgan fingerprint density at radius 2 is 1.75 bits per heavy atom. The van der Waals surface area contributed by atoms with E-state index in [1.165, 1.54) is 21.5 Å². The molecule has 0 N–H and O–H groups in total. The molecule has 24 heavy (non-hydrogen) atoms. The van der Waals surface area contributed by atoms with Crippen LogP contribution in [0.15, 0.2) is 71.4 Å². The topological polar surface area (TPSA) is 21.9 Å². The summed E-state index contributed by atoms with van der Waals surface area (Å²) in [6.45, 7) is 0. The number of aryl methyl sites for hydroxylation is 2. The van der Waals surface area contributed by atoms with Crippen molar-refractivity contribution in [3.63, 3.8) is 0 Å². The molecule has 0 radical (unpaired) electrons. The lowest BCUT2D eigenvalue weighted by Gasteiger charge is -2.00. The highest BCUT2D eigenvalue weighted by Gasteiger charge is 2.21. The number of rotatable bonds is 1. The van der Waals surface area contributed by atoms with Gasteiger partial charge in [0, 0.05) is 10.8 Å². The summed E-state index contributed by atoms with van der Waals surface area (Å²) in [4.78, 5) is 0. The van der Waals surface area contributed by atoms with Crippen LogP contribution in [0.25, 0.3) is 44.1 Å². The lowest BCUT2D eigenvalue weighted by molar-refractivity contribution is -0.659. The largest absolute Gasteiger partial charge is 0.455 e. The van der Waals surface area contributed by atoms with E-state index in [4.69, 9.17) is 4.42 Å². The van der Waals surface area contributed by atoms with Gasteiger partial charge < -0.3 is 4.42 Å². The van der Waals surface area contributed by atoms with Gasteiger partial charge >= 0.3 is 0 Å². The third-order valence-electron chi connectivity index (χ3n) is 4.81. The molecular formula is C21H17N2O+. The molecule has 0 aliphatic heterocycles. The molecule has 2 aromatic heterocycles. The van der Waals surface area contributed by atoms with E-state index in [9.17, 15) is 0 Å². The van der Waals surface area contributed by atoms with E-state index in [0.29, 0.717) is 0 Å². The Hall–Kier alpha value is -3.07. The Morgan fingerprint density at radius 1 is 0.917 bits per heavy atom. The average Bonchev–Trinajstić information content (AvgIpc) is 3.15. The number of aromatic nitrogens is 2. The van der Waals surface area contributed by atoms with Crippen LogP contribution in [0.2, 0.25) is 0 Å². The number of benzene rings is 3. The zero-order valence-electron chi connectivity index (χ0n) is 13.7. The predicted octanol–water partition coefficient (Wildman–Crippen LogP) is 4.57. The van der Waals surface area contributed by atoms with Crippen molar-refractivity contribution in [3.8, 4) is 11.4 Å². The molecule has 3 nitrogen and oxygen atoms in total. The van der Waals surface area contributed by atoms with Crippen LogP contribution in [-0.4, -0.2) is 4.57 Å². The summed E-state index contributed by atoms with van der Waals surface area (Å²) in [6.07, 6.45) is 4.12. The van der Waals surface area contributed by atoms with Crippen molar-refractivity contribution < 1.29 is 8.98 Å². The minimum absolute atomic E-state index is 0.938. The average molecular weight is 313 g/mol. The maximum Gasteiger partial charge on any atom is 0.292 e. The standard InChI is InChI=1S/C21H17N2O/c1-22-12-13-23(2)21(22)17-9-5-8-16-19-15-7-4-3-6-14(15)10-11-18(19)24-20(16)17/h3-13H,1-2H3/q+1. The molecule has 3 aromatic carbocycles. The summed E-state index contributed by atoms with van der Waals surface area (Å²) in [6, 6.07) is 19.1. The summed E-state index contributed by atoms with van der Waals surface area (Å²) in [5.41, 5.74) is 3.00. The number of furan rings is 1. The van der Waals surface area contributed by atoms with Gasteiger partial charge in [0.2, 0.25) is 0 Å². The molecular weight excluding hydrogens is 296 g/mol. The van der Waals surface area contributed by atoms with Crippen molar-refractivity contribution >= 4 is 32.7 Å². The van der Waals surface area contributed by atoms with Gasteiger partial charge in [0.1, 0.15) is 23.5 Å². The first kappa shape index (κ1) is 13.4. The van der Waals surface area contributed by atoms with Crippen LogP contribution in [-0.2, 0) is 14.1 Å². The number of hydrogen-bond donors (Lipinski definition) is 0. The number of fused-ring (bicyclic) bond motifs is 5. The fourth-order valence-electron chi connectivity index (χ4n) is 3.71. The van der Waals surface area contributed by atoms with E-state index in [2.05, 4.69) is 90.2 Å². The maximum absolute atomic E-state index is 6.30. The van der Waals surface area contributed by atoms with Gasteiger partial charge in [-0.25, -0.2) is 9.13 Å². The van der Waals surface area contributed by atoms with Crippen LogP contribution in [0.4, 0.5) is 0 Å². The molecule has 2 heterocycles. The second-order valence-corrected chi connectivity index (χ2v) is 6.29. The second-order valence-electron chi connectivity index (χ2n) is 6.29. The quantitative estimate of drug-likeness (QED) is 0.416. The Labute approximate surface area is 139 Å². The minimum atomic E-state index is 0.938. The molecule has 0 atom stereocenters. The zero-order valence-corrected chi connectivity index (χ0v) is 13.7. The van der Waals surface area contributed by atoms with Gasteiger partial charge in [0.15, 0.2) is 5.58 Å². The number of para-hydroxylation sites is 1. The van der Waals surface area contributed by atoms with Crippen molar-refractivity contribution in [1.29, 1.82) is 0 Å². The molecule has 0 aliphatic rings. The first-order valence-corrected chi connectivity index (χ1v) is 8.08. The Bertz CT molecular complexity index is 1210. The number of imidazole rings is 1. The lowest BCUT2D eigenvalue weighted by atomic mass is 10.0. The highest BCUT2D eigenvalue weighted by molar-refractivity contribution is 6.20. The van der Waals surface area contributed by atoms with E-state index < -0.39 is 0 Å². The summed E-state index contributed by atoms with van der Waals surface area (Å²) in [5, 5.41) is 4.84. The minimum Gasteiger partial charge on any atom is -0.455 e. The summed E-state index contributed by atoms with van der Waals surface area (Å²) < 4.78 is 10.5. The van der Waals surface area contributed by atoms with E-state index in [0.717, 1.165) is 22.6 Å². The molecule has 5 rings (SSSR count). The van der Waals surface area contributed by atoms with Gasteiger partial charge in [-0.2, -0.15) is 0 Å². The van der Waals surface area contributed by atoms with Crippen LogP contribution in [0.3, 0.4) is 0 Å². The summed E-state index contributed by atoms with van der Waals surface area (Å²) in [7, 11) is 4.12. The molecule has 0 aliphatic carbocycles. The molecule has 3 heteroatoms. The molecule has 0 bridgehead atoms. The van der Waals surface area contributed by atoms with Crippen molar-refractivity contribution in [2.24, 2.45) is 14.1 Å². The molecule has 0 unspecified atom stereocenters. The maximum atomic E-state index is 6.30. The van der Waals surface area contributed by atoms with E-state index >= 15 is 0 Å². The third kappa shape index (κ3) is 1.69. The highest BCUT2D eigenvalue weighted by atomic mass is 16.3. The smallest absolute Gasteiger partial charge is 0.292 e. The van der Waals surface area contributed by atoms with Crippen LogP contribution in [0, 0.1) is 0 Å². The van der Waals surface area contributed by atoms with Crippen molar-refractivity contribution in [2.45, 2.75) is 0 Å². The van der Waals surface area contributed by atoms with Crippen LogP contribution >= 0.6 is 0 Å². The monoisotopic (exact) mass is 313 g/mol. The van der Waals surface area contributed by atoms with Gasteiger partial charge in [0.05, 0.1) is 14.1 Å². The second kappa shape index (κ2) is 4.71. The molecule has 0 amide bonds. The predicted molar refractivity (Wildman–Crippen MR) is 96.8 cm³/mol. The molecule has 0 saturated carbocycles. The van der Waals surface area contributed by atoms with Crippen molar-refractivity contribution in [2.75, 3.05) is 0 Å². The molecule has 0 saturated heterocycles.